The first-order valence-electron chi connectivity index (χ1n) is 7.68. The van der Waals surface area contributed by atoms with Crippen molar-refractivity contribution in [2.75, 3.05) is 0 Å². The Morgan fingerprint density at radius 1 is 0.667 bits per heavy atom. The third-order valence-electron chi connectivity index (χ3n) is 4.48. The molecule has 5 aromatic rings. The summed E-state index contributed by atoms with van der Waals surface area (Å²) >= 11 is 5.30. The van der Waals surface area contributed by atoms with Gasteiger partial charge in [-0.05, 0) is 64.0 Å². The highest BCUT2D eigenvalue weighted by Gasteiger charge is 2.08. The quantitative estimate of drug-likeness (QED) is 0.276. The van der Waals surface area contributed by atoms with Crippen LogP contribution in [0.25, 0.3) is 41.7 Å². The van der Waals surface area contributed by atoms with Crippen LogP contribution in [0.5, 0.6) is 0 Å². The lowest BCUT2D eigenvalue weighted by Gasteiger charge is -2.07. The zero-order valence-corrected chi connectivity index (χ0v) is 14.9. The fraction of sp³-hybridized carbons (Fsp3) is 0. The van der Waals surface area contributed by atoms with E-state index in [-0.39, 0.29) is 5.43 Å². The Labute approximate surface area is 150 Å². The lowest BCUT2D eigenvalue weighted by atomic mass is 10.0. The molecule has 0 N–H and O–H groups in total. The van der Waals surface area contributed by atoms with Gasteiger partial charge in [0.25, 0.3) is 0 Å². The first kappa shape index (κ1) is 14.1. The predicted octanol–water partition coefficient (Wildman–Crippen LogP) is 6.48. The number of rotatable bonds is 0. The van der Waals surface area contributed by atoms with Gasteiger partial charge in [-0.15, -0.1) is 11.3 Å². The van der Waals surface area contributed by atoms with Crippen molar-refractivity contribution in [3.63, 3.8) is 0 Å². The van der Waals surface area contributed by atoms with E-state index in [0.717, 1.165) is 30.0 Å². The Hall–Kier alpha value is -2.23. The topological polar surface area (TPSA) is 17.1 Å². The normalized spacial score (nSPS) is 11.7. The van der Waals surface area contributed by atoms with Crippen LogP contribution in [0.1, 0.15) is 0 Å². The molecule has 0 amide bonds. The first-order chi connectivity index (χ1) is 11.7. The molecule has 0 radical (unpaired) electrons. The maximum Gasteiger partial charge on any atom is 0.195 e. The molecular weight excluding hydrogens is 380 g/mol. The highest BCUT2D eigenvalue weighted by atomic mass is 79.9. The summed E-state index contributed by atoms with van der Waals surface area (Å²) in [4.78, 5) is 12.9. The Morgan fingerprint density at radius 2 is 1.46 bits per heavy atom. The van der Waals surface area contributed by atoms with Gasteiger partial charge >= 0.3 is 0 Å². The van der Waals surface area contributed by atoms with Crippen molar-refractivity contribution in [2.24, 2.45) is 0 Å². The molecule has 0 atom stereocenters. The molecular formula is C21H11BrOS. The smallest absolute Gasteiger partial charge is 0.195 e. The zero-order chi connectivity index (χ0) is 16.3. The van der Waals surface area contributed by atoms with Crippen molar-refractivity contribution >= 4 is 69.0 Å². The molecule has 0 aliphatic rings. The van der Waals surface area contributed by atoms with Crippen LogP contribution in [0.15, 0.2) is 76.0 Å². The highest BCUT2D eigenvalue weighted by Crippen LogP contribution is 2.32. The minimum Gasteiger partial charge on any atom is -0.289 e. The van der Waals surface area contributed by atoms with Crippen LogP contribution in [0.2, 0.25) is 0 Å². The second-order valence-electron chi connectivity index (χ2n) is 5.94. The van der Waals surface area contributed by atoms with Gasteiger partial charge in [-0.3, -0.25) is 4.79 Å². The molecule has 0 aliphatic heterocycles. The molecule has 1 aromatic heterocycles. The lowest BCUT2D eigenvalue weighted by Crippen LogP contribution is -2.00. The van der Waals surface area contributed by atoms with Crippen molar-refractivity contribution < 1.29 is 0 Å². The van der Waals surface area contributed by atoms with Crippen LogP contribution < -0.4 is 5.43 Å². The molecule has 24 heavy (non-hydrogen) atoms. The third-order valence-corrected chi connectivity index (χ3v) is 6.30. The van der Waals surface area contributed by atoms with E-state index in [1.807, 2.05) is 42.5 Å². The first-order valence-corrected chi connectivity index (χ1v) is 9.29. The molecule has 0 saturated heterocycles. The second kappa shape index (κ2) is 5.13. The minimum absolute atomic E-state index is 0.119. The molecule has 0 fully saturated rings. The fourth-order valence-corrected chi connectivity index (χ4v) is 4.88. The number of fused-ring (bicyclic) bond motifs is 4. The van der Waals surface area contributed by atoms with Crippen molar-refractivity contribution in [1.82, 2.24) is 0 Å². The molecule has 0 bridgehead atoms. The Balaban J connectivity index is 1.99. The fourth-order valence-electron chi connectivity index (χ4n) is 3.29. The maximum atomic E-state index is 12.9. The van der Waals surface area contributed by atoms with Gasteiger partial charge in [-0.25, -0.2) is 0 Å². The number of benzene rings is 4. The van der Waals surface area contributed by atoms with Crippen LogP contribution >= 0.6 is 27.3 Å². The summed E-state index contributed by atoms with van der Waals surface area (Å²) in [5.41, 5.74) is 0.119. The molecule has 0 spiro atoms. The van der Waals surface area contributed by atoms with E-state index in [1.165, 1.54) is 16.2 Å². The SMILES string of the molecule is O=c1c2ccccc2sc2cc3cc4cccc(Br)c4cc3cc12. The largest absolute Gasteiger partial charge is 0.289 e. The second-order valence-corrected chi connectivity index (χ2v) is 7.87. The molecule has 5 rings (SSSR count). The van der Waals surface area contributed by atoms with E-state index in [1.54, 1.807) is 11.3 Å². The van der Waals surface area contributed by atoms with Crippen molar-refractivity contribution in [3.05, 3.63) is 81.4 Å². The summed E-state index contributed by atoms with van der Waals surface area (Å²) in [7, 11) is 0. The van der Waals surface area contributed by atoms with Gasteiger partial charge in [0.1, 0.15) is 0 Å². The van der Waals surface area contributed by atoms with E-state index in [4.69, 9.17) is 0 Å². The summed E-state index contributed by atoms with van der Waals surface area (Å²) in [5.74, 6) is 0. The average Bonchev–Trinajstić information content (AvgIpc) is 2.60. The summed E-state index contributed by atoms with van der Waals surface area (Å²) in [6.07, 6.45) is 0. The highest BCUT2D eigenvalue weighted by molar-refractivity contribution is 9.10. The van der Waals surface area contributed by atoms with Gasteiger partial charge in [0.05, 0.1) is 0 Å². The van der Waals surface area contributed by atoms with Crippen LogP contribution in [-0.2, 0) is 0 Å². The molecule has 1 heterocycles. The third kappa shape index (κ3) is 2.02. The molecule has 0 aliphatic carbocycles. The summed E-state index contributed by atoms with van der Waals surface area (Å²) in [5, 5.41) is 6.24. The Morgan fingerprint density at radius 3 is 2.38 bits per heavy atom. The van der Waals surface area contributed by atoms with Gasteiger partial charge in [-0.1, -0.05) is 40.2 Å². The summed E-state index contributed by atoms with van der Waals surface area (Å²) in [6.45, 7) is 0. The Bertz CT molecular complexity index is 1330. The minimum atomic E-state index is 0.119. The van der Waals surface area contributed by atoms with Crippen molar-refractivity contribution in [2.45, 2.75) is 0 Å². The monoisotopic (exact) mass is 390 g/mol. The maximum absolute atomic E-state index is 12.9. The van der Waals surface area contributed by atoms with Gasteiger partial charge < -0.3 is 0 Å². The van der Waals surface area contributed by atoms with Gasteiger partial charge in [0.15, 0.2) is 5.43 Å². The summed E-state index contributed by atoms with van der Waals surface area (Å²) in [6, 6.07) is 22.6. The van der Waals surface area contributed by atoms with Crippen molar-refractivity contribution in [1.29, 1.82) is 0 Å². The molecule has 114 valence electrons. The predicted molar refractivity (Wildman–Crippen MR) is 108 cm³/mol. The van der Waals surface area contributed by atoms with E-state index >= 15 is 0 Å². The molecule has 3 heteroatoms. The zero-order valence-electron chi connectivity index (χ0n) is 12.5. The van der Waals surface area contributed by atoms with Crippen LogP contribution in [0.3, 0.4) is 0 Å². The van der Waals surface area contributed by atoms with E-state index in [0.29, 0.717) is 0 Å². The molecule has 0 saturated carbocycles. The van der Waals surface area contributed by atoms with E-state index < -0.39 is 0 Å². The molecule has 1 nitrogen and oxygen atoms in total. The van der Waals surface area contributed by atoms with Gasteiger partial charge in [0.2, 0.25) is 0 Å². The lowest BCUT2D eigenvalue weighted by molar-refractivity contribution is 1.74. The van der Waals surface area contributed by atoms with E-state index in [2.05, 4.69) is 40.2 Å². The van der Waals surface area contributed by atoms with E-state index in [9.17, 15) is 4.79 Å². The molecule has 0 unspecified atom stereocenters. The number of halogens is 1. The van der Waals surface area contributed by atoms with Crippen molar-refractivity contribution in [3.8, 4) is 0 Å². The van der Waals surface area contributed by atoms with Gasteiger partial charge in [-0.2, -0.15) is 0 Å². The van der Waals surface area contributed by atoms with Gasteiger partial charge in [0, 0.05) is 24.6 Å². The molecule has 4 aromatic carbocycles. The number of hydrogen-bond donors (Lipinski definition) is 0. The summed E-state index contributed by atoms with van der Waals surface area (Å²) < 4.78 is 3.16. The van der Waals surface area contributed by atoms with Crippen LogP contribution in [-0.4, -0.2) is 0 Å². The van der Waals surface area contributed by atoms with Crippen LogP contribution in [0, 0.1) is 0 Å². The Kier molecular flexibility index (Phi) is 3.02. The standard InChI is InChI=1S/C21H11BrOS/c22-18-6-3-4-12-8-13-11-20-17(10-14(13)9-16(12)18)21(23)15-5-1-2-7-19(15)24-20/h1-11H. The average molecular weight is 391 g/mol. The van der Waals surface area contributed by atoms with Crippen LogP contribution in [0.4, 0.5) is 0 Å². The number of hydrogen-bond acceptors (Lipinski definition) is 2.